The molecule has 1 rings (SSSR count). The summed E-state index contributed by atoms with van der Waals surface area (Å²) in [4.78, 5) is 10.4. The van der Waals surface area contributed by atoms with Gasteiger partial charge in [-0.2, -0.15) is 0 Å². The van der Waals surface area contributed by atoms with Gasteiger partial charge < -0.3 is 5.11 Å². The lowest BCUT2D eigenvalue weighted by molar-refractivity contribution is -0.131. The minimum atomic E-state index is -3.68. The quantitative estimate of drug-likeness (QED) is 0.752. The highest BCUT2D eigenvalue weighted by Crippen LogP contribution is 2.23. The zero-order valence-corrected chi connectivity index (χ0v) is 13.4. The Labute approximate surface area is 129 Å². The molecule has 0 radical (unpaired) electrons. The fourth-order valence-corrected chi connectivity index (χ4v) is 3.70. The fraction of sp³-hybridized carbons (Fsp3) is 0.357. The van der Waals surface area contributed by atoms with Crippen molar-refractivity contribution in [2.24, 2.45) is 0 Å². The van der Waals surface area contributed by atoms with E-state index in [1.807, 2.05) is 13.8 Å². The van der Waals surface area contributed by atoms with E-state index in [1.54, 1.807) is 0 Å². The first-order valence-electron chi connectivity index (χ1n) is 6.53. The van der Waals surface area contributed by atoms with Gasteiger partial charge in [-0.1, -0.05) is 31.5 Å². The number of carboxylic acids is 1. The van der Waals surface area contributed by atoms with Crippen LogP contribution in [0.15, 0.2) is 29.2 Å². The maximum absolute atomic E-state index is 12.3. The Morgan fingerprint density at radius 3 is 2.48 bits per heavy atom. The molecule has 0 aliphatic heterocycles. The molecule has 0 aliphatic carbocycles. The van der Waals surface area contributed by atoms with Crippen molar-refractivity contribution in [3.8, 4) is 0 Å². The second-order valence-electron chi connectivity index (χ2n) is 4.50. The maximum atomic E-state index is 12.3. The van der Waals surface area contributed by atoms with E-state index in [0.717, 1.165) is 6.08 Å². The van der Waals surface area contributed by atoms with Crippen molar-refractivity contribution < 1.29 is 18.3 Å². The van der Waals surface area contributed by atoms with Crippen LogP contribution < -0.4 is 4.72 Å². The Hall–Kier alpha value is -1.37. The third-order valence-corrected chi connectivity index (χ3v) is 4.97. The first kappa shape index (κ1) is 17.7. The zero-order valence-electron chi connectivity index (χ0n) is 11.8. The van der Waals surface area contributed by atoms with Gasteiger partial charge in [-0.25, -0.2) is 17.9 Å². The van der Waals surface area contributed by atoms with Gasteiger partial charge in [0.15, 0.2) is 0 Å². The minimum Gasteiger partial charge on any atom is -0.478 e. The van der Waals surface area contributed by atoms with Gasteiger partial charge in [0.25, 0.3) is 0 Å². The second-order valence-corrected chi connectivity index (χ2v) is 6.59. The zero-order chi connectivity index (χ0) is 16.0. The van der Waals surface area contributed by atoms with Gasteiger partial charge in [0.05, 0.1) is 5.02 Å². The molecular weight excluding hydrogens is 314 g/mol. The number of rotatable bonds is 7. The summed E-state index contributed by atoms with van der Waals surface area (Å²) < 4.78 is 27.1. The summed E-state index contributed by atoms with van der Waals surface area (Å²) in [6.07, 6.45) is 3.68. The summed E-state index contributed by atoms with van der Waals surface area (Å²) in [7, 11) is -3.68. The molecule has 1 aromatic carbocycles. The van der Waals surface area contributed by atoms with Crippen LogP contribution in [0.4, 0.5) is 0 Å². The van der Waals surface area contributed by atoms with Gasteiger partial charge in [-0.05, 0) is 36.6 Å². The predicted octanol–water partition coefficient (Wildman–Crippen LogP) is 2.90. The normalized spacial score (nSPS) is 12.2. The summed E-state index contributed by atoms with van der Waals surface area (Å²) in [6, 6.07) is 4.15. The number of carbonyl (C=O) groups is 1. The average Bonchev–Trinajstić information content (AvgIpc) is 2.42. The summed E-state index contributed by atoms with van der Waals surface area (Å²) >= 11 is 6.00. The monoisotopic (exact) mass is 331 g/mol. The first-order valence-corrected chi connectivity index (χ1v) is 8.39. The van der Waals surface area contributed by atoms with Crippen LogP contribution in [0.2, 0.25) is 5.02 Å². The van der Waals surface area contributed by atoms with Gasteiger partial charge in [-0.15, -0.1) is 0 Å². The number of sulfonamides is 1. The topological polar surface area (TPSA) is 83.5 Å². The van der Waals surface area contributed by atoms with E-state index in [1.165, 1.54) is 24.3 Å². The van der Waals surface area contributed by atoms with Crippen LogP contribution in [-0.2, 0) is 14.8 Å². The highest BCUT2D eigenvalue weighted by Gasteiger charge is 2.20. The van der Waals surface area contributed by atoms with E-state index in [9.17, 15) is 13.2 Å². The van der Waals surface area contributed by atoms with E-state index in [2.05, 4.69) is 4.72 Å². The largest absolute Gasteiger partial charge is 0.478 e. The Morgan fingerprint density at radius 2 is 2.00 bits per heavy atom. The number of hydrogen-bond acceptors (Lipinski definition) is 3. The molecule has 21 heavy (non-hydrogen) atoms. The lowest BCUT2D eigenvalue weighted by atomic mass is 10.2. The van der Waals surface area contributed by atoms with Gasteiger partial charge in [0.2, 0.25) is 10.0 Å². The van der Waals surface area contributed by atoms with E-state index in [-0.39, 0.29) is 16.0 Å². The molecule has 0 heterocycles. The van der Waals surface area contributed by atoms with Crippen molar-refractivity contribution in [3.05, 3.63) is 34.9 Å². The molecule has 116 valence electrons. The van der Waals surface area contributed by atoms with Crippen LogP contribution >= 0.6 is 11.6 Å². The molecule has 0 unspecified atom stereocenters. The van der Waals surface area contributed by atoms with Crippen LogP contribution in [-0.4, -0.2) is 25.5 Å². The Bertz CT molecular complexity index is 636. The van der Waals surface area contributed by atoms with E-state index in [4.69, 9.17) is 16.7 Å². The summed E-state index contributed by atoms with van der Waals surface area (Å²) in [5.74, 6) is -1.08. The smallest absolute Gasteiger partial charge is 0.328 e. The molecule has 0 saturated carbocycles. The third kappa shape index (κ3) is 5.15. The molecule has 0 aliphatic rings. The second kappa shape index (κ2) is 7.59. The molecule has 7 heteroatoms. The molecule has 0 bridgehead atoms. The molecule has 0 amide bonds. The SMILES string of the molecule is CCC(CC)NS(=O)(=O)c1ccc(C=CC(=O)O)cc1Cl. The number of benzene rings is 1. The van der Waals surface area contributed by atoms with Crippen LogP contribution in [0.5, 0.6) is 0 Å². The summed E-state index contributed by atoms with van der Waals surface area (Å²) in [5.41, 5.74) is 0.517. The minimum absolute atomic E-state index is 0.0106. The number of halogens is 1. The van der Waals surface area contributed by atoms with Crippen molar-refractivity contribution >= 4 is 33.7 Å². The molecule has 1 aromatic rings. The number of hydrogen-bond donors (Lipinski definition) is 2. The molecule has 2 N–H and O–H groups in total. The molecule has 0 spiro atoms. The highest BCUT2D eigenvalue weighted by molar-refractivity contribution is 7.89. The van der Waals surface area contributed by atoms with Gasteiger partial charge in [0.1, 0.15) is 4.90 Å². The van der Waals surface area contributed by atoms with Gasteiger partial charge in [-0.3, -0.25) is 0 Å². The van der Waals surface area contributed by atoms with Crippen molar-refractivity contribution in [1.82, 2.24) is 4.72 Å². The maximum Gasteiger partial charge on any atom is 0.328 e. The van der Waals surface area contributed by atoms with Crippen molar-refractivity contribution in [2.75, 3.05) is 0 Å². The van der Waals surface area contributed by atoms with Gasteiger partial charge >= 0.3 is 5.97 Å². The van der Waals surface area contributed by atoms with Crippen molar-refractivity contribution in [1.29, 1.82) is 0 Å². The average molecular weight is 332 g/mol. The van der Waals surface area contributed by atoms with Crippen LogP contribution in [0.1, 0.15) is 32.3 Å². The van der Waals surface area contributed by atoms with Crippen LogP contribution in [0, 0.1) is 0 Å². The Kier molecular flexibility index (Phi) is 6.39. The van der Waals surface area contributed by atoms with E-state index < -0.39 is 16.0 Å². The standard InChI is InChI=1S/C14H18ClNO4S/c1-3-11(4-2)16-21(19,20)13-7-5-10(9-12(13)15)6-8-14(17)18/h5-9,11,16H,3-4H2,1-2H3,(H,17,18). The van der Waals surface area contributed by atoms with Gasteiger partial charge in [0, 0.05) is 12.1 Å². The predicted molar refractivity (Wildman–Crippen MR) is 82.8 cm³/mol. The Balaban J connectivity index is 3.06. The van der Waals surface area contributed by atoms with Crippen LogP contribution in [0.3, 0.4) is 0 Å². The number of nitrogens with one attached hydrogen (secondary N) is 1. The van der Waals surface area contributed by atoms with Crippen molar-refractivity contribution in [2.45, 2.75) is 37.6 Å². The first-order chi connectivity index (χ1) is 9.80. The summed E-state index contributed by atoms with van der Waals surface area (Å²) in [5, 5.41) is 8.61. The van der Waals surface area contributed by atoms with E-state index >= 15 is 0 Å². The summed E-state index contributed by atoms with van der Waals surface area (Å²) in [6.45, 7) is 3.80. The molecule has 0 saturated heterocycles. The number of aliphatic carboxylic acids is 1. The van der Waals surface area contributed by atoms with Crippen LogP contribution in [0.25, 0.3) is 6.08 Å². The van der Waals surface area contributed by atoms with Crippen molar-refractivity contribution in [3.63, 3.8) is 0 Å². The van der Waals surface area contributed by atoms with E-state index in [0.29, 0.717) is 18.4 Å². The molecule has 5 nitrogen and oxygen atoms in total. The highest BCUT2D eigenvalue weighted by atomic mass is 35.5. The molecular formula is C14H18ClNO4S. The molecule has 0 aromatic heterocycles. The fourth-order valence-electron chi connectivity index (χ4n) is 1.74. The lowest BCUT2D eigenvalue weighted by Crippen LogP contribution is -2.34. The molecule has 0 fully saturated rings. The third-order valence-electron chi connectivity index (χ3n) is 2.97. The number of carboxylic acid groups (broad SMARTS) is 1. The molecule has 0 atom stereocenters. The lowest BCUT2D eigenvalue weighted by Gasteiger charge is -2.15. The Morgan fingerprint density at radius 1 is 1.38 bits per heavy atom.